The molecular formula is C13H11ClFNO2S. The van der Waals surface area contributed by atoms with Crippen molar-refractivity contribution in [3.63, 3.8) is 0 Å². The maximum Gasteiger partial charge on any atom is 0.242 e. The minimum absolute atomic E-state index is 0.00527. The molecule has 19 heavy (non-hydrogen) atoms. The van der Waals surface area contributed by atoms with Crippen LogP contribution < -0.4 is 4.72 Å². The van der Waals surface area contributed by atoms with Crippen molar-refractivity contribution in [1.29, 1.82) is 0 Å². The second-order valence-corrected chi connectivity index (χ2v) is 6.03. The fourth-order valence-corrected chi connectivity index (χ4v) is 3.10. The van der Waals surface area contributed by atoms with Crippen molar-refractivity contribution in [2.24, 2.45) is 0 Å². The molecule has 3 nitrogen and oxygen atoms in total. The number of hydrogen-bond acceptors (Lipinski definition) is 2. The molecule has 0 aliphatic rings. The molecule has 6 heteroatoms. The van der Waals surface area contributed by atoms with E-state index in [0.717, 1.165) is 0 Å². The quantitative estimate of drug-likeness (QED) is 0.943. The lowest BCUT2D eigenvalue weighted by Gasteiger charge is -2.08. The van der Waals surface area contributed by atoms with Crippen LogP contribution in [0, 0.1) is 5.82 Å². The maximum atomic E-state index is 13.0. The van der Waals surface area contributed by atoms with Gasteiger partial charge in [0.25, 0.3) is 0 Å². The molecule has 2 aromatic rings. The van der Waals surface area contributed by atoms with Crippen LogP contribution in [0.5, 0.6) is 0 Å². The van der Waals surface area contributed by atoms with Gasteiger partial charge in [0.05, 0.1) is 5.02 Å². The maximum absolute atomic E-state index is 13.0. The van der Waals surface area contributed by atoms with Gasteiger partial charge in [-0.3, -0.25) is 0 Å². The number of nitrogens with one attached hydrogen (secondary N) is 1. The highest BCUT2D eigenvalue weighted by Gasteiger charge is 2.16. The predicted octanol–water partition coefficient (Wildman–Crippen LogP) is 2.96. The van der Waals surface area contributed by atoms with Crippen molar-refractivity contribution in [3.8, 4) is 0 Å². The third-order valence-electron chi connectivity index (χ3n) is 2.48. The van der Waals surface area contributed by atoms with Gasteiger partial charge in [0.1, 0.15) is 10.7 Å². The molecule has 0 saturated carbocycles. The first kappa shape index (κ1) is 14.0. The summed E-state index contributed by atoms with van der Waals surface area (Å²) in [6.45, 7) is 0.00527. The number of benzene rings is 2. The molecule has 0 atom stereocenters. The Balaban J connectivity index is 2.17. The highest BCUT2D eigenvalue weighted by molar-refractivity contribution is 7.89. The molecule has 2 rings (SSSR count). The van der Waals surface area contributed by atoms with E-state index in [2.05, 4.69) is 4.72 Å². The van der Waals surface area contributed by atoms with E-state index in [1.165, 1.54) is 30.3 Å². The Kier molecular flexibility index (Phi) is 4.19. The van der Waals surface area contributed by atoms with E-state index in [1.807, 2.05) is 0 Å². The van der Waals surface area contributed by atoms with Crippen molar-refractivity contribution in [1.82, 2.24) is 4.72 Å². The van der Waals surface area contributed by atoms with Gasteiger partial charge >= 0.3 is 0 Å². The molecule has 0 saturated heterocycles. The Bertz CT molecular complexity index is 689. The molecule has 1 N–H and O–H groups in total. The summed E-state index contributed by atoms with van der Waals surface area (Å²) in [6, 6.07) is 11.9. The topological polar surface area (TPSA) is 46.2 Å². The first-order valence-electron chi connectivity index (χ1n) is 5.48. The lowest BCUT2D eigenvalue weighted by atomic mass is 10.2. The van der Waals surface area contributed by atoms with Gasteiger partial charge in [-0.25, -0.2) is 17.5 Å². The predicted molar refractivity (Wildman–Crippen MR) is 71.9 cm³/mol. The SMILES string of the molecule is O=S(=O)(NCc1cccc(F)c1)c1ccccc1Cl. The van der Waals surface area contributed by atoms with E-state index in [4.69, 9.17) is 11.6 Å². The molecule has 0 spiro atoms. The van der Waals surface area contributed by atoms with Crippen LogP contribution in [-0.2, 0) is 16.6 Å². The minimum atomic E-state index is -3.71. The van der Waals surface area contributed by atoms with Crippen LogP contribution in [0.4, 0.5) is 4.39 Å². The average Bonchev–Trinajstić information content (AvgIpc) is 2.37. The first-order valence-corrected chi connectivity index (χ1v) is 7.34. The lowest BCUT2D eigenvalue weighted by molar-refractivity contribution is 0.580. The highest BCUT2D eigenvalue weighted by Crippen LogP contribution is 2.20. The number of hydrogen-bond donors (Lipinski definition) is 1. The molecular weight excluding hydrogens is 289 g/mol. The fourth-order valence-electron chi connectivity index (χ4n) is 1.57. The lowest BCUT2D eigenvalue weighted by Crippen LogP contribution is -2.23. The monoisotopic (exact) mass is 299 g/mol. The zero-order valence-corrected chi connectivity index (χ0v) is 11.4. The summed E-state index contributed by atoms with van der Waals surface area (Å²) in [5.41, 5.74) is 0.538. The second-order valence-electron chi connectivity index (χ2n) is 3.88. The van der Waals surface area contributed by atoms with E-state index in [-0.39, 0.29) is 16.5 Å². The summed E-state index contributed by atoms with van der Waals surface area (Å²) < 4.78 is 39.4. The molecule has 0 radical (unpaired) electrons. The van der Waals surface area contributed by atoms with Crippen LogP contribution in [0.15, 0.2) is 53.4 Å². The molecule has 0 aromatic heterocycles. The first-order chi connectivity index (χ1) is 8.99. The molecule has 0 amide bonds. The van der Waals surface area contributed by atoms with Gasteiger partial charge in [-0.2, -0.15) is 0 Å². The van der Waals surface area contributed by atoms with E-state index in [0.29, 0.717) is 5.56 Å². The van der Waals surface area contributed by atoms with Crippen LogP contribution in [0.25, 0.3) is 0 Å². The van der Waals surface area contributed by atoms with Crippen molar-refractivity contribution in [2.75, 3.05) is 0 Å². The van der Waals surface area contributed by atoms with Gasteiger partial charge in [-0.1, -0.05) is 35.9 Å². The zero-order valence-electron chi connectivity index (χ0n) is 9.81. The van der Waals surface area contributed by atoms with E-state index in [1.54, 1.807) is 18.2 Å². The molecule has 0 bridgehead atoms. The van der Waals surface area contributed by atoms with Gasteiger partial charge < -0.3 is 0 Å². The van der Waals surface area contributed by atoms with Gasteiger partial charge in [0.2, 0.25) is 10.0 Å². The molecule has 0 fully saturated rings. The van der Waals surface area contributed by atoms with Gasteiger partial charge in [-0.15, -0.1) is 0 Å². The zero-order chi connectivity index (χ0) is 13.9. The minimum Gasteiger partial charge on any atom is -0.207 e. The second kappa shape index (κ2) is 5.69. The van der Waals surface area contributed by atoms with Crippen molar-refractivity contribution in [2.45, 2.75) is 11.4 Å². The van der Waals surface area contributed by atoms with Crippen LogP contribution in [-0.4, -0.2) is 8.42 Å². The summed E-state index contributed by atoms with van der Waals surface area (Å²) in [7, 11) is -3.71. The molecule has 0 unspecified atom stereocenters. The van der Waals surface area contributed by atoms with Crippen molar-refractivity contribution < 1.29 is 12.8 Å². The smallest absolute Gasteiger partial charge is 0.207 e. The van der Waals surface area contributed by atoms with Crippen molar-refractivity contribution in [3.05, 3.63) is 64.9 Å². The number of sulfonamides is 1. The largest absolute Gasteiger partial charge is 0.242 e. The van der Waals surface area contributed by atoms with E-state index >= 15 is 0 Å². The normalized spacial score (nSPS) is 11.5. The Labute approximate surface area is 116 Å². The van der Waals surface area contributed by atoms with Crippen molar-refractivity contribution >= 4 is 21.6 Å². The highest BCUT2D eigenvalue weighted by atomic mass is 35.5. The third kappa shape index (κ3) is 3.53. The van der Waals surface area contributed by atoms with E-state index in [9.17, 15) is 12.8 Å². The Hall–Kier alpha value is -1.43. The summed E-state index contributed by atoms with van der Waals surface area (Å²) in [4.78, 5) is 0.00747. The third-order valence-corrected chi connectivity index (χ3v) is 4.38. The summed E-state index contributed by atoms with van der Waals surface area (Å²) in [5, 5.41) is 0.147. The standard InChI is InChI=1S/C13H11ClFNO2S/c14-12-6-1-2-7-13(12)19(17,18)16-9-10-4-3-5-11(15)8-10/h1-8,16H,9H2. The molecule has 2 aromatic carbocycles. The number of rotatable bonds is 4. The Morgan fingerprint density at radius 3 is 2.53 bits per heavy atom. The molecule has 100 valence electrons. The van der Waals surface area contributed by atoms with Crippen LogP contribution in [0.3, 0.4) is 0 Å². The molecule has 0 heterocycles. The van der Waals surface area contributed by atoms with Crippen LogP contribution >= 0.6 is 11.6 Å². The van der Waals surface area contributed by atoms with Gasteiger partial charge in [-0.05, 0) is 29.8 Å². The summed E-state index contributed by atoms with van der Waals surface area (Å²) >= 11 is 5.84. The summed E-state index contributed by atoms with van der Waals surface area (Å²) in [5.74, 6) is -0.408. The Morgan fingerprint density at radius 2 is 1.84 bits per heavy atom. The average molecular weight is 300 g/mol. The fraction of sp³-hybridized carbons (Fsp3) is 0.0769. The van der Waals surface area contributed by atoms with E-state index < -0.39 is 15.8 Å². The Morgan fingerprint density at radius 1 is 1.11 bits per heavy atom. The van der Waals surface area contributed by atoms with Crippen LogP contribution in [0.1, 0.15) is 5.56 Å². The number of halogens is 2. The molecule has 0 aliphatic heterocycles. The van der Waals surface area contributed by atoms with Crippen LogP contribution in [0.2, 0.25) is 5.02 Å². The van der Waals surface area contributed by atoms with Gasteiger partial charge in [0.15, 0.2) is 0 Å². The summed E-state index contributed by atoms with van der Waals surface area (Å²) in [6.07, 6.45) is 0. The van der Waals surface area contributed by atoms with Gasteiger partial charge in [0, 0.05) is 6.54 Å². The molecule has 0 aliphatic carbocycles.